The predicted molar refractivity (Wildman–Crippen MR) is 88.1 cm³/mol. The van der Waals surface area contributed by atoms with Gasteiger partial charge in [-0.1, -0.05) is 44.2 Å². The van der Waals surface area contributed by atoms with Crippen LogP contribution in [0.5, 0.6) is 5.75 Å². The number of hydrogen-bond donors (Lipinski definition) is 4. The molecule has 7 heteroatoms. The standard InChI is InChI=1S/C14H21ClN2O3S/c1-3-4-5-6-16-14(20)17(21)10-7-11(9(2)18)13(19)12(15)8-10/h7-9,18-19,21H,3-6H2,1-2H3,(H,16,20). The topological polar surface area (TPSA) is 72.8 Å². The smallest absolute Gasteiger partial charge is 0.331 e. The third-order valence-electron chi connectivity index (χ3n) is 3.02. The highest BCUT2D eigenvalue weighted by atomic mass is 35.5. The lowest BCUT2D eigenvalue weighted by atomic mass is 10.1. The molecule has 0 saturated heterocycles. The van der Waals surface area contributed by atoms with Crippen molar-refractivity contribution in [2.24, 2.45) is 0 Å². The maximum absolute atomic E-state index is 12.0. The van der Waals surface area contributed by atoms with E-state index in [0.717, 1.165) is 23.6 Å². The third-order valence-corrected chi connectivity index (χ3v) is 3.72. The van der Waals surface area contributed by atoms with E-state index >= 15 is 0 Å². The van der Waals surface area contributed by atoms with Crippen LogP contribution in [0.1, 0.15) is 44.8 Å². The summed E-state index contributed by atoms with van der Waals surface area (Å²) in [5.74, 6) is -0.194. The van der Waals surface area contributed by atoms with Crippen LogP contribution in [0.4, 0.5) is 10.5 Å². The van der Waals surface area contributed by atoms with Crippen molar-refractivity contribution < 1.29 is 15.0 Å². The summed E-state index contributed by atoms with van der Waals surface area (Å²) in [6.45, 7) is 4.16. The van der Waals surface area contributed by atoms with Crippen molar-refractivity contribution in [3.8, 4) is 5.75 Å². The van der Waals surface area contributed by atoms with E-state index in [0.29, 0.717) is 12.2 Å². The van der Waals surface area contributed by atoms with E-state index in [4.69, 9.17) is 11.6 Å². The van der Waals surface area contributed by atoms with Gasteiger partial charge in [0.1, 0.15) is 5.75 Å². The number of aliphatic hydroxyl groups excluding tert-OH is 1. The molecule has 0 aliphatic carbocycles. The van der Waals surface area contributed by atoms with Crippen molar-refractivity contribution in [3.05, 3.63) is 22.7 Å². The first-order chi connectivity index (χ1) is 9.88. The molecule has 0 saturated carbocycles. The number of unbranched alkanes of at least 4 members (excludes halogenated alkanes) is 2. The number of nitrogens with zero attached hydrogens (tertiary/aromatic N) is 1. The number of anilines is 1. The summed E-state index contributed by atoms with van der Waals surface area (Å²) >= 11 is 10.0. The van der Waals surface area contributed by atoms with Crippen LogP contribution in [0.2, 0.25) is 5.02 Å². The number of phenols is 1. The third kappa shape index (κ3) is 4.98. The molecule has 1 aromatic rings. The molecule has 0 fully saturated rings. The molecule has 0 heterocycles. The molecule has 21 heavy (non-hydrogen) atoms. The molecule has 1 atom stereocenters. The number of hydrogen-bond acceptors (Lipinski definition) is 4. The van der Waals surface area contributed by atoms with Crippen molar-refractivity contribution in [1.82, 2.24) is 5.32 Å². The Hall–Kier alpha value is -1.11. The van der Waals surface area contributed by atoms with Gasteiger partial charge in [-0.2, -0.15) is 0 Å². The van der Waals surface area contributed by atoms with Gasteiger partial charge in [-0.05, 0) is 25.5 Å². The predicted octanol–water partition coefficient (Wildman–Crippen LogP) is 3.65. The highest BCUT2D eigenvalue weighted by Gasteiger charge is 2.18. The second-order valence-electron chi connectivity index (χ2n) is 4.79. The van der Waals surface area contributed by atoms with Crippen molar-refractivity contribution in [2.75, 3.05) is 10.8 Å². The average molecular weight is 333 g/mol. The first-order valence-corrected chi connectivity index (χ1v) is 7.63. The number of phenolic OH excluding ortho intramolecular Hbond substituents is 1. The van der Waals surface area contributed by atoms with Crippen LogP contribution in [0.25, 0.3) is 0 Å². The van der Waals surface area contributed by atoms with Gasteiger partial charge in [0.25, 0.3) is 0 Å². The Morgan fingerprint density at radius 1 is 1.48 bits per heavy atom. The Balaban J connectivity index is 2.82. The Morgan fingerprint density at radius 3 is 2.71 bits per heavy atom. The van der Waals surface area contributed by atoms with Crippen molar-refractivity contribution in [1.29, 1.82) is 0 Å². The molecule has 1 unspecified atom stereocenters. The van der Waals surface area contributed by atoms with E-state index in [1.165, 1.54) is 19.1 Å². The number of urea groups is 1. The molecular weight excluding hydrogens is 312 g/mol. The Labute approximate surface area is 135 Å². The number of aliphatic hydroxyl groups is 1. The maximum Gasteiger partial charge on any atom is 0.331 e. The SMILES string of the molecule is CCCCCNC(=O)N(S)c1cc(Cl)c(O)c(C(C)O)c1. The number of benzene rings is 1. The normalized spacial score (nSPS) is 12.0. The first-order valence-electron chi connectivity index (χ1n) is 6.85. The molecule has 2 amide bonds. The van der Waals surface area contributed by atoms with E-state index in [-0.39, 0.29) is 22.4 Å². The number of carbonyl (C=O) groups is 1. The van der Waals surface area contributed by atoms with Gasteiger partial charge in [-0.3, -0.25) is 0 Å². The van der Waals surface area contributed by atoms with E-state index in [2.05, 4.69) is 25.1 Å². The zero-order valence-corrected chi connectivity index (χ0v) is 13.8. The summed E-state index contributed by atoms with van der Waals surface area (Å²) in [5.41, 5.74) is 0.625. The van der Waals surface area contributed by atoms with Gasteiger partial charge in [0, 0.05) is 12.1 Å². The van der Waals surface area contributed by atoms with Crippen LogP contribution in [0, 0.1) is 0 Å². The summed E-state index contributed by atoms with van der Waals surface area (Å²) in [7, 11) is 0. The van der Waals surface area contributed by atoms with Crippen LogP contribution < -0.4 is 9.62 Å². The monoisotopic (exact) mass is 332 g/mol. The molecule has 1 aromatic carbocycles. The molecule has 0 aliphatic heterocycles. The lowest BCUT2D eigenvalue weighted by Gasteiger charge is -2.19. The fourth-order valence-electron chi connectivity index (χ4n) is 1.81. The fraction of sp³-hybridized carbons (Fsp3) is 0.500. The number of amides is 2. The second-order valence-corrected chi connectivity index (χ2v) is 5.60. The van der Waals surface area contributed by atoms with Crippen molar-refractivity contribution in [2.45, 2.75) is 39.2 Å². The van der Waals surface area contributed by atoms with Gasteiger partial charge in [-0.15, -0.1) is 0 Å². The zero-order valence-electron chi connectivity index (χ0n) is 12.1. The minimum atomic E-state index is -0.906. The quantitative estimate of drug-likeness (QED) is 0.474. The van der Waals surface area contributed by atoms with Crippen molar-refractivity contribution >= 4 is 36.1 Å². The number of nitrogens with one attached hydrogen (secondary N) is 1. The van der Waals surface area contributed by atoms with E-state index in [1.807, 2.05) is 0 Å². The summed E-state index contributed by atoms with van der Waals surface area (Å²) in [5, 5.41) is 22.2. The lowest BCUT2D eigenvalue weighted by Crippen LogP contribution is -2.34. The number of thiol groups is 1. The molecule has 0 aromatic heterocycles. The van der Waals surface area contributed by atoms with E-state index in [1.54, 1.807) is 0 Å². The zero-order chi connectivity index (χ0) is 16.0. The maximum atomic E-state index is 12.0. The number of halogens is 1. The van der Waals surface area contributed by atoms with Gasteiger partial charge in [-0.25, -0.2) is 9.10 Å². The number of aromatic hydroxyl groups is 1. The van der Waals surface area contributed by atoms with Crippen LogP contribution in [0.3, 0.4) is 0 Å². The largest absolute Gasteiger partial charge is 0.506 e. The van der Waals surface area contributed by atoms with Gasteiger partial charge in [0.15, 0.2) is 0 Å². The van der Waals surface area contributed by atoms with Gasteiger partial charge in [0.05, 0.1) is 16.8 Å². The molecule has 118 valence electrons. The van der Waals surface area contributed by atoms with Crippen molar-refractivity contribution in [3.63, 3.8) is 0 Å². The molecule has 0 bridgehead atoms. The second kappa shape index (κ2) is 8.36. The Bertz CT molecular complexity index is 497. The van der Waals surface area contributed by atoms with Crippen LogP contribution in [-0.2, 0) is 0 Å². The van der Waals surface area contributed by atoms with Crippen LogP contribution in [0.15, 0.2) is 12.1 Å². The molecule has 5 nitrogen and oxygen atoms in total. The molecule has 0 radical (unpaired) electrons. The van der Waals surface area contributed by atoms with Gasteiger partial charge >= 0.3 is 6.03 Å². The molecule has 0 aliphatic rings. The lowest BCUT2D eigenvalue weighted by molar-refractivity contribution is 0.195. The van der Waals surface area contributed by atoms with E-state index < -0.39 is 6.10 Å². The minimum absolute atomic E-state index is 0.0567. The van der Waals surface area contributed by atoms with Crippen LogP contribution >= 0.6 is 24.4 Å². The Morgan fingerprint density at radius 2 is 2.14 bits per heavy atom. The summed E-state index contributed by atoms with van der Waals surface area (Å²) in [4.78, 5) is 12.0. The highest BCUT2D eigenvalue weighted by Crippen LogP contribution is 2.36. The molecule has 3 N–H and O–H groups in total. The molecule has 0 spiro atoms. The Kier molecular flexibility index (Phi) is 7.14. The summed E-state index contributed by atoms with van der Waals surface area (Å²) < 4.78 is 1.10. The van der Waals surface area contributed by atoms with Gasteiger partial charge in [0.2, 0.25) is 0 Å². The molecule has 1 rings (SSSR count). The summed E-state index contributed by atoms with van der Waals surface area (Å²) in [6.07, 6.45) is 2.12. The van der Waals surface area contributed by atoms with E-state index in [9.17, 15) is 15.0 Å². The average Bonchev–Trinajstić information content (AvgIpc) is 2.45. The minimum Gasteiger partial charge on any atom is -0.506 e. The highest BCUT2D eigenvalue weighted by molar-refractivity contribution is 7.82. The number of rotatable bonds is 6. The first kappa shape index (κ1) is 17.9. The fourth-order valence-corrected chi connectivity index (χ4v) is 2.22. The summed E-state index contributed by atoms with van der Waals surface area (Å²) in [6, 6.07) is 2.51. The molecular formula is C14H21ClN2O3S. The van der Waals surface area contributed by atoms with Crippen LogP contribution in [-0.4, -0.2) is 22.8 Å². The van der Waals surface area contributed by atoms with Gasteiger partial charge < -0.3 is 15.5 Å². The number of carbonyl (C=O) groups excluding carboxylic acids is 1.